The summed E-state index contributed by atoms with van der Waals surface area (Å²) in [6.07, 6.45) is 1.27. The molecule has 7 heteroatoms. The molecule has 0 spiro atoms. The molecule has 1 aliphatic heterocycles. The lowest BCUT2D eigenvalue weighted by molar-refractivity contribution is -0.148. The Hall–Kier alpha value is -1.63. The van der Waals surface area contributed by atoms with Crippen LogP contribution in [0.3, 0.4) is 0 Å². The summed E-state index contributed by atoms with van der Waals surface area (Å²) in [5.74, 6) is -2.93. The second-order valence-corrected chi connectivity index (χ2v) is 4.85. The summed E-state index contributed by atoms with van der Waals surface area (Å²) >= 11 is 0. The summed E-state index contributed by atoms with van der Waals surface area (Å²) < 4.78 is 0. The summed E-state index contributed by atoms with van der Waals surface area (Å²) in [5, 5.41) is 23.1. The lowest BCUT2D eigenvalue weighted by Crippen LogP contribution is -2.52. The number of hydrogen-bond donors (Lipinski definition) is 4. The molecule has 1 saturated heterocycles. The highest BCUT2D eigenvalue weighted by Crippen LogP contribution is 2.32. The Morgan fingerprint density at radius 2 is 1.84 bits per heavy atom. The van der Waals surface area contributed by atoms with Gasteiger partial charge in [0.25, 0.3) is 0 Å². The normalized spacial score (nSPS) is 19.4. The van der Waals surface area contributed by atoms with Crippen molar-refractivity contribution in [2.24, 2.45) is 5.41 Å². The minimum Gasteiger partial charge on any atom is -0.481 e. The fourth-order valence-corrected chi connectivity index (χ4v) is 2.33. The molecule has 0 radical (unpaired) electrons. The molecule has 108 valence electrons. The highest BCUT2D eigenvalue weighted by molar-refractivity contribution is 5.89. The third-order valence-electron chi connectivity index (χ3n) is 3.70. The molecule has 0 aliphatic carbocycles. The van der Waals surface area contributed by atoms with Crippen molar-refractivity contribution in [3.63, 3.8) is 0 Å². The summed E-state index contributed by atoms with van der Waals surface area (Å²) in [7, 11) is 0. The molecule has 1 aliphatic rings. The fraction of sp³-hybridized carbons (Fsp3) is 0.750. The Morgan fingerprint density at radius 1 is 1.26 bits per heavy atom. The monoisotopic (exact) mass is 272 g/mol. The zero-order valence-electron chi connectivity index (χ0n) is 10.9. The van der Waals surface area contributed by atoms with E-state index in [0.717, 1.165) is 0 Å². The van der Waals surface area contributed by atoms with Crippen molar-refractivity contribution >= 4 is 17.8 Å². The van der Waals surface area contributed by atoms with Gasteiger partial charge in [0.05, 0.1) is 11.8 Å². The predicted molar refractivity (Wildman–Crippen MR) is 66.6 cm³/mol. The van der Waals surface area contributed by atoms with Crippen molar-refractivity contribution in [3.8, 4) is 0 Å². The summed E-state index contributed by atoms with van der Waals surface area (Å²) in [6, 6.07) is -1.37. The van der Waals surface area contributed by atoms with Crippen molar-refractivity contribution in [2.75, 3.05) is 13.1 Å². The number of rotatable bonds is 6. The summed E-state index contributed by atoms with van der Waals surface area (Å²) in [4.78, 5) is 33.8. The van der Waals surface area contributed by atoms with Crippen LogP contribution >= 0.6 is 0 Å². The molecule has 0 aromatic heterocycles. The molecule has 0 aromatic rings. The Morgan fingerprint density at radius 3 is 2.26 bits per heavy atom. The van der Waals surface area contributed by atoms with Gasteiger partial charge in [-0.3, -0.25) is 9.59 Å². The third kappa shape index (κ3) is 3.92. The van der Waals surface area contributed by atoms with E-state index >= 15 is 0 Å². The van der Waals surface area contributed by atoms with Crippen molar-refractivity contribution in [1.82, 2.24) is 10.6 Å². The molecular weight excluding hydrogens is 252 g/mol. The van der Waals surface area contributed by atoms with Crippen LogP contribution in [-0.2, 0) is 14.4 Å². The molecule has 1 rings (SSSR count). The third-order valence-corrected chi connectivity index (χ3v) is 3.70. The van der Waals surface area contributed by atoms with E-state index in [9.17, 15) is 14.4 Å². The van der Waals surface area contributed by atoms with Gasteiger partial charge in [-0.2, -0.15) is 0 Å². The largest absolute Gasteiger partial charge is 0.481 e. The summed E-state index contributed by atoms with van der Waals surface area (Å²) in [6.45, 7) is 3.30. The van der Waals surface area contributed by atoms with Crippen LogP contribution in [0, 0.1) is 5.41 Å². The minimum absolute atomic E-state index is 0.356. The molecule has 1 fully saturated rings. The van der Waals surface area contributed by atoms with E-state index in [2.05, 4.69) is 10.6 Å². The lowest BCUT2D eigenvalue weighted by Gasteiger charge is -2.36. The number of carbonyl (C=O) groups is 3. The van der Waals surface area contributed by atoms with Crippen LogP contribution in [0.5, 0.6) is 0 Å². The first kappa shape index (κ1) is 15.4. The second-order valence-electron chi connectivity index (χ2n) is 4.85. The smallest absolute Gasteiger partial charge is 0.326 e. The van der Waals surface area contributed by atoms with Gasteiger partial charge in [-0.05, 0) is 32.4 Å². The molecule has 0 aromatic carbocycles. The van der Waals surface area contributed by atoms with Gasteiger partial charge in [-0.25, -0.2) is 4.79 Å². The van der Waals surface area contributed by atoms with Gasteiger partial charge in [0.15, 0.2) is 0 Å². The molecule has 19 heavy (non-hydrogen) atoms. The number of nitrogens with one attached hydrogen (secondary N) is 2. The Balaban J connectivity index is 2.74. The number of carbonyl (C=O) groups excluding carboxylic acids is 1. The first-order valence-corrected chi connectivity index (χ1v) is 6.37. The van der Waals surface area contributed by atoms with Crippen LogP contribution in [0.2, 0.25) is 0 Å². The maximum Gasteiger partial charge on any atom is 0.326 e. The highest BCUT2D eigenvalue weighted by atomic mass is 16.4. The number of hydrogen-bond acceptors (Lipinski definition) is 4. The Labute approximate surface area is 111 Å². The minimum atomic E-state index is -1.37. The lowest BCUT2D eigenvalue weighted by atomic mass is 9.75. The molecule has 0 saturated carbocycles. The van der Waals surface area contributed by atoms with Crippen LogP contribution in [-0.4, -0.2) is 47.2 Å². The quantitative estimate of drug-likeness (QED) is 0.532. The molecule has 4 N–H and O–H groups in total. The van der Waals surface area contributed by atoms with Gasteiger partial charge in [0, 0.05) is 0 Å². The molecule has 7 nitrogen and oxygen atoms in total. The second kappa shape index (κ2) is 6.51. The molecule has 1 unspecified atom stereocenters. The van der Waals surface area contributed by atoms with E-state index in [1.165, 1.54) is 0 Å². The van der Waals surface area contributed by atoms with E-state index < -0.39 is 29.8 Å². The van der Waals surface area contributed by atoms with Crippen molar-refractivity contribution in [1.29, 1.82) is 0 Å². The van der Waals surface area contributed by atoms with Crippen LogP contribution in [0.1, 0.15) is 32.6 Å². The number of carboxylic acids is 2. The zero-order chi connectivity index (χ0) is 14.5. The van der Waals surface area contributed by atoms with Crippen LogP contribution in [0.4, 0.5) is 0 Å². The van der Waals surface area contributed by atoms with E-state index in [1.54, 1.807) is 0 Å². The molecule has 1 amide bonds. The first-order chi connectivity index (χ1) is 8.91. The van der Waals surface area contributed by atoms with Gasteiger partial charge in [0.1, 0.15) is 6.04 Å². The maximum absolute atomic E-state index is 12.3. The average molecular weight is 272 g/mol. The van der Waals surface area contributed by atoms with Crippen LogP contribution in [0.15, 0.2) is 0 Å². The van der Waals surface area contributed by atoms with Gasteiger partial charge >= 0.3 is 11.9 Å². The molecule has 1 atom stereocenters. The average Bonchev–Trinajstić information content (AvgIpc) is 2.38. The highest BCUT2D eigenvalue weighted by Gasteiger charge is 2.39. The van der Waals surface area contributed by atoms with E-state index in [-0.39, 0.29) is 5.91 Å². The van der Waals surface area contributed by atoms with Gasteiger partial charge < -0.3 is 20.8 Å². The zero-order valence-corrected chi connectivity index (χ0v) is 10.9. The predicted octanol–water partition coefficient (Wildman–Crippen LogP) is -0.190. The maximum atomic E-state index is 12.3. The van der Waals surface area contributed by atoms with Gasteiger partial charge in [-0.1, -0.05) is 6.92 Å². The van der Waals surface area contributed by atoms with E-state index in [4.69, 9.17) is 10.2 Å². The number of piperidine rings is 1. The van der Waals surface area contributed by atoms with Crippen molar-refractivity contribution in [2.45, 2.75) is 38.6 Å². The van der Waals surface area contributed by atoms with Gasteiger partial charge in [0.2, 0.25) is 5.91 Å². The first-order valence-electron chi connectivity index (χ1n) is 6.37. The SMILES string of the molecule is CCC1(C(=O)NC(CC(=O)O)C(=O)O)CCNCC1. The van der Waals surface area contributed by atoms with E-state index in [0.29, 0.717) is 32.4 Å². The van der Waals surface area contributed by atoms with Crippen LogP contribution in [0.25, 0.3) is 0 Å². The molecule has 0 bridgehead atoms. The summed E-state index contributed by atoms with van der Waals surface area (Å²) in [5.41, 5.74) is -0.586. The van der Waals surface area contributed by atoms with Crippen molar-refractivity contribution in [3.05, 3.63) is 0 Å². The Kier molecular flexibility index (Phi) is 5.29. The van der Waals surface area contributed by atoms with Crippen LogP contribution < -0.4 is 10.6 Å². The van der Waals surface area contributed by atoms with Crippen molar-refractivity contribution < 1.29 is 24.6 Å². The topological polar surface area (TPSA) is 116 Å². The number of aliphatic carboxylic acids is 2. The van der Waals surface area contributed by atoms with E-state index in [1.807, 2.05) is 6.92 Å². The molecular formula is C12H20N2O5. The number of carboxylic acid groups (broad SMARTS) is 2. The number of amides is 1. The molecule has 1 heterocycles. The fourth-order valence-electron chi connectivity index (χ4n) is 2.33. The van der Waals surface area contributed by atoms with Gasteiger partial charge in [-0.15, -0.1) is 0 Å². The standard InChI is InChI=1S/C12H20N2O5/c1-2-12(3-5-13-6-4-12)11(19)14-8(10(17)18)7-9(15)16/h8,13H,2-7H2,1H3,(H,14,19)(H,15,16)(H,17,18). The Bertz CT molecular complexity index is 363.